The first-order chi connectivity index (χ1) is 17.6. The average Bonchev–Trinajstić information content (AvgIpc) is 2.95. The first-order valence-electron chi connectivity index (χ1n) is 11.7. The first kappa shape index (κ1) is 23.2. The van der Waals surface area contributed by atoms with E-state index in [1.165, 1.54) is 0 Å². The molecule has 1 N–H and O–H groups in total. The molecule has 0 saturated carbocycles. The molecular formula is C28H26N4O4. The van der Waals surface area contributed by atoms with Gasteiger partial charge in [0.1, 0.15) is 11.3 Å². The molecule has 5 rings (SSSR count). The van der Waals surface area contributed by atoms with Crippen LogP contribution in [-0.2, 0) is 0 Å². The lowest BCUT2D eigenvalue weighted by atomic mass is 10.1. The summed E-state index contributed by atoms with van der Waals surface area (Å²) in [5, 5.41) is 0.989. The lowest BCUT2D eigenvalue weighted by Gasteiger charge is -2.35. The second kappa shape index (κ2) is 10.4. The van der Waals surface area contributed by atoms with E-state index >= 15 is 0 Å². The molecule has 0 unspecified atom stereocenters. The number of piperazine rings is 1. The van der Waals surface area contributed by atoms with Gasteiger partial charge in [-0.3, -0.25) is 14.6 Å². The number of nitrogens with zero attached hydrogens (tertiary/aromatic N) is 3. The Kier molecular flexibility index (Phi) is 6.66. The predicted octanol–water partition coefficient (Wildman–Crippen LogP) is 4.25. The Hall–Kier alpha value is -4.59. The molecule has 1 saturated heterocycles. The molecule has 0 aliphatic carbocycles. The number of nitrogens with one attached hydrogen (secondary N) is 1. The van der Waals surface area contributed by atoms with Gasteiger partial charge in [0.15, 0.2) is 5.75 Å². The summed E-state index contributed by atoms with van der Waals surface area (Å²) in [6.45, 7) is 1.92. The molecule has 3 aromatic carbocycles. The van der Waals surface area contributed by atoms with Gasteiger partial charge >= 0.3 is 0 Å². The van der Waals surface area contributed by atoms with Crippen LogP contribution in [0.5, 0.6) is 11.5 Å². The average molecular weight is 483 g/mol. The van der Waals surface area contributed by atoms with Crippen molar-refractivity contribution in [1.29, 1.82) is 0 Å². The summed E-state index contributed by atoms with van der Waals surface area (Å²) >= 11 is 0. The number of carbonyl (C=O) groups is 2. The van der Waals surface area contributed by atoms with Crippen molar-refractivity contribution < 1.29 is 19.2 Å². The highest BCUT2D eigenvalue weighted by Crippen LogP contribution is 2.24. The fraction of sp³-hybridized carbons (Fsp3) is 0.179. The third-order valence-corrected chi connectivity index (χ3v) is 6.18. The van der Waals surface area contributed by atoms with E-state index in [2.05, 4.69) is 10.5 Å². The summed E-state index contributed by atoms with van der Waals surface area (Å²) in [5.41, 5.74) is 5.57. The fourth-order valence-corrected chi connectivity index (χ4v) is 4.19. The molecule has 1 aliphatic rings. The number of fused-ring (bicyclic) bond motifs is 1. The monoisotopic (exact) mass is 482 g/mol. The third-order valence-electron chi connectivity index (χ3n) is 6.18. The van der Waals surface area contributed by atoms with Gasteiger partial charge in [-0.05, 0) is 54.6 Å². The van der Waals surface area contributed by atoms with Crippen LogP contribution in [0.3, 0.4) is 0 Å². The number of hydrogen-bond acceptors (Lipinski definition) is 6. The molecule has 0 bridgehead atoms. The molecule has 1 fully saturated rings. The quantitative estimate of drug-likeness (QED) is 0.414. The van der Waals surface area contributed by atoms with Crippen LogP contribution < -0.4 is 15.1 Å². The smallest absolute Gasteiger partial charge is 0.254 e. The number of benzene rings is 3. The van der Waals surface area contributed by atoms with Gasteiger partial charge in [0.25, 0.3) is 11.8 Å². The first-order valence-corrected chi connectivity index (χ1v) is 11.7. The molecule has 0 radical (unpaired) electrons. The van der Waals surface area contributed by atoms with Crippen molar-refractivity contribution in [3.05, 3.63) is 96.2 Å². The Morgan fingerprint density at radius 2 is 1.47 bits per heavy atom. The number of methoxy groups -OCH3 is 1. The van der Waals surface area contributed by atoms with E-state index in [0.29, 0.717) is 54.5 Å². The second-order valence-electron chi connectivity index (χ2n) is 8.43. The number of aromatic nitrogens is 1. The minimum atomic E-state index is -0.0609. The van der Waals surface area contributed by atoms with Gasteiger partial charge in [-0.2, -0.15) is 0 Å². The molecule has 4 aromatic rings. The number of ether oxygens (including phenoxy) is 1. The highest BCUT2D eigenvalue weighted by Gasteiger charge is 2.25. The maximum absolute atomic E-state index is 13.0. The van der Waals surface area contributed by atoms with Crippen LogP contribution >= 0.6 is 0 Å². The van der Waals surface area contributed by atoms with Crippen molar-refractivity contribution >= 4 is 28.4 Å². The van der Waals surface area contributed by atoms with Crippen LogP contribution in [0, 0.1) is 0 Å². The number of amides is 2. The molecule has 8 nitrogen and oxygen atoms in total. The molecule has 36 heavy (non-hydrogen) atoms. The Bertz CT molecular complexity index is 1380. The van der Waals surface area contributed by atoms with Gasteiger partial charge in [-0.25, -0.2) is 5.48 Å². The molecule has 1 aliphatic heterocycles. The van der Waals surface area contributed by atoms with Crippen molar-refractivity contribution in [3.63, 3.8) is 0 Å². The summed E-state index contributed by atoms with van der Waals surface area (Å²) in [5.74, 6) is 1.15. The van der Waals surface area contributed by atoms with E-state index in [1.54, 1.807) is 71.6 Å². The zero-order chi connectivity index (χ0) is 24.9. The SMILES string of the molecule is COc1cccc(C(=O)N2CCN(C(=O)c3ccc(NOc4cccc5cccnc45)cc3)CC2)c1. The number of rotatable bonds is 6. The Labute approximate surface area is 209 Å². The van der Waals surface area contributed by atoms with Gasteiger partial charge in [-0.15, -0.1) is 0 Å². The van der Waals surface area contributed by atoms with Crippen molar-refractivity contribution in [2.75, 3.05) is 38.8 Å². The molecule has 182 valence electrons. The number of hydrogen-bond donors (Lipinski definition) is 1. The maximum Gasteiger partial charge on any atom is 0.254 e. The molecule has 2 amide bonds. The zero-order valence-corrected chi connectivity index (χ0v) is 19.9. The minimum Gasteiger partial charge on any atom is -0.497 e. The third kappa shape index (κ3) is 4.93. The highest BCUT2D eigenvalue weighted by molar-refractivity contribution is 5.96. The molecule has 8 heteroatoms. The van der Waals surface area contributed by atoms with Gasteiger partial charge < -0.3 is 19.4 Å². The molecule has 0 atom stereocenters. The lowest BCUT2D eigenvalue weighted by molar-refractivity contribution is 0.0535. The summed E-state index contributed by atoms with van der Waals surface area (Å²) in [6.07, 6.45) is 1.73. The van der Waals surface area contributed by atoms with Crippen LogP contribution in [0.1, 0.15) is 20.7 Å². The summed E-state index contributed by atoms with van der Waals surface area (Å²) in [4.78, 5) is 39.5. The van der Waals surface area contributed by atoms with E-state index in [1.807, 2.05) is 30.3 Å². The van der Waals surface area contributed by atoms with Crippen LogP contribution in [0.15, 0.2) is 85.1 Å². The van der Waals surface area contributed by atoms with Crippen LogP contribution in [0.4, 0.5) is 5.69 Å². The lowest BCUT2D eigenvalue weighted by Crippen LogP contribution is -2.50. The largest absolute Gasteiger partial charge is 0.497 e. The van der Waals surface area contributed by atoms with E-state index in [-0.39, 0.29) is 11.8 Å². The van der Waals surface area contributed by atoms with Crippen molar-refractivity contribution in [2.45, 2.75) is 0 Å². The van der Waals surface area contributed by atoms with Gasteiger partial charge in [-0.1, -0.05) is 24.3 Å². The number of para-hydroxylation sites is 1. The van der Waals surface area contributed by atoms with E-state index in [4.69, 9.17) is 9.57 Å². The maximum atomic E-state index is 13.0. The van der Waals surface area contributed by atoms with Crippen LogP contribution in [0.2, 0.25) is 0 Å². The zero-order valence-electron chi connectivity index (χ0n) is 19.9. The van der Waals surface area contributed by atoms with E-state index in [9.17, 15) is 9.59 Å². The molecule has 0 spiro atoms. The summed E-state index contributed by atoms with van der Waals surface area (Å²) < 4.78 is 5.21. The van der Waals surface area contributed by atoms with E-state index < -0.39 is 0 Å². The number of pyridine rings is 1. The molecule has 1 aromatic heterocycles. The van der Waals surface area contributed by atoms with Crippen molar-refractivity contribution in [2.24, 2.45) is 0 Å². The molecular weight excluding hydrogens is 456 g/mol. The predicted molar refractivity (Wildman–Crippen MR) is 137 cm³/mol. The normalized spacial score (nSPS) is 13.4. The van der Waals surface area contributed by atoms with Gasteiger partial charge in [0.05, 0.1) is 12.8 Å². The fourth-order valence-electron chi connectivity index (χ4n) is 4.19. The number of anilines is 1. The van der Waals surface area contributed by atoms with E-state index in [0.717, 1.165) is 10.9 Å². The highest BCUT2D eigenvalue weighted by atomic mass is 16.6. The summed E-state index contributed by atoms with van der Waals surface area (Å²) in [7, 11) is 1.58. The van der Waals surface area contributed by atoms with Crippen LogP contribution in [-0.4, -0.2) is 59.9 Å². The second-order valence-corrected chi connectivity index (χ2v) is 8.43. The summed E-state index contributed by atoms with van der Waals surface area (Å²) in [6, 6.07) is 23.8. The van der Waals surface area contributed by atoms with Gasteiger partial charge in [0, 0.05) is 48.9 Å². The Morgan fingerprint density at radius 1 is 0.806 bits per heavy atom. The Morgan fingerprint density at radius 3 is 2.19 bits per heavy atom. The number of carbonyl (C=O) groups excluding carboxylic acids is 2. The Balaban J connectivity index is 1.16. The topological polar surface area (TPSA) is 84.0 Å². The van der Waals surface area contributed by atoms with Crippen molar-refractivity contribution in [3.8, 4) is 11.5 Å². The van der Waals surface area contributed by atoms with Crippen LogP contribution in [0.25, 0.3) is 10.9 Å². The van der Waals surface area contributed by atoms with Crippen molar-refractivity contribution in [1.82, 2.24) is 14.8 Å². The minimum absolute atomic E-state index is 0.0576. The van der Waals surface area contributed by atoms with Gasteiger partial charge in [0.2, 0.25) is 0 Å². The molecule has 2 heterocycles. The standard InChI is InChI=1S/C28H26N4O4/c1-35-24-8-2-6-22(19-24)28(34)32-17-15-31(16-18-32)27(33)21-10-12-23(13-11-21)30-36-25-9-3-5-20-7-4-14-29-26(20)25/h2-14,19,30H,15-18H2,1H3.